The Labute approximate surface area is 196 Å². The molecule has 1 unspecified atom stereocenters. The minimum atomic E-state index is -0.972. The van der Waals surface area contributed by atoms with Crippen LogP contribution in [0.15, 0.2) is 0 Å². The van der Waals surface area contributed by atoms with Crippen LogP contribution in [0.1, 0.15) is 110 Å². The molecule has 0 aliphatic carbocycles. The van der Waals surface area contributed by atoms with E-state index in [-0.39, 0.29) is 6.42 Å². The molecule has 0 bridgehead atoms. The summed E-state index contributed by atoms with van der Waals surface area (Å²) in [5, 5.41) is 12.3. The number of carbonyl (C=O) groups is 2. The normalized spacial score (nSPS) is 16.1. The first kappa shape index (κ1) is 28.9. The van der Waals surface area contributed by atoms with Gasteiger partial charge in [-0.15, -0.1) is 0 Å². The van der Waals surface area contributed by atoms with E-state index in [2.05, 4.69) is 24.1 Å². The summed E-state index contributed by atoms with van der Waals surface area (Å²) >= 11 is 0. The number of nitrogens with one attached hydrogen (secondary N) is 1. The van der Waals surface area contributed by atoms with Crippen molar-refractivity contribution in [1.82, 2.24) is 10.2 Å². The van der Waals surface area contributed by atoms with Crippen molar-refractivity contribution in [2.45, 2.75) is 116 Å². The molecule has 0 saturated carbocycles. The zero-order valence-electron chi connectivity index (χ0n) is 20.9. The van der Waals surface area contributed by atoms with Gasteiger partial charge in [0.05, 0.1) is 13.0 Å². The van der Waals surface area contributed by atoms with E-state index in [1.54, 1.807) is 0 Å². The van der Waals surface area contributed by atoms with Crippen molar-refractivity contribution in [2.24, 2.45) is 5.92 Å². The highest BCUT2D eigenvalue weighted by Gasteiger charge is 2.22. The van der Waals surface area contributed by atoms with Crippen LogP contribution in [0.25, 0.3) is 0 Å². The lowest BCUT2D eigenvalue weighted by Crippen LogP contribution is -2.41. The minimum Gasteiger partial charge on any atom is -0.481 e. The lowest BCUT2D eigenvalue weighted by atomic mass is 10.0. The Morgan fingerprint density at radius 1 is 0.875 bits per heavy atom. The van der Waals surface area contributed by atoms with E-state index in [0.29, 0.717) is 13.2 Å². The van der Waals surface area contributed by atoms with Crippen molar-refractivity contribution in [3.05, 3.63) is 0 Å². The Hall–Kier alpha value is -1.14. The van der Waals surface area contributed by atoms with Crippen LogP contribution < -0.4 is 5.32 Å². The number of likely N-dealkylation sites (tertiary alicyclic amines) is 1. The van der Waals surface area contributed by atoms with Crippen molar-refractivity contribution in [1.29, 1.82) is 0 Å². The van der Waals surface area contributed by atoms with Gasteiger partial charge in [0.25, 0.3) is 0 Å². The van der Waals surface area contributed by atoms with E-state index in [4.69, 9.17) is 9.84 Å². The van der Waals surface area contributed by atoms with E-state index in [1.807, 2.05) is 0 Å². The second-order valence-corrected chi connectivity index (χ2v) is 9.89. The number of ether oxygens (including phenoxy) is 1. The third-order valence-electron chi connectivity index (χ3n) is 6.32. The lowest BCUT2D eigenvalue weighted by Gasteiger charge is -2.21. The Morgan fingerprint density at radius 2 is 1.47 bits per heavy atom. The molecule has 32 heavy (non-hydrogen) atoms. The van der Waals surface area contributed by atoms with Crippen LogP contribution >= 0.6 is 0 Å². The fourth-order valence-electron chi connectivity index (χ4n) is 4.34. The first-order valence-electron chi connectivity index (χ1n) is 13.3. The highest BCUT2D eigenvalue weighted by molar-refractivity contribution is 5.81. The number of carbonyl (C=O) groups excluding carboxylic acids is 1. The second-order valence-electron chi connectivity index (χ2n) is 9.89. The molecule has 0 spiro atoms. The van der Waals surface area contributed by atoms with Gasteiger partial charge in [-0.2, -0.15) is 0 Å². The van der Waals surface area contributed by atoms with Crippen LogP contribution in [-0.2, 0) is 14.3 Å². The van der Waals surface area contributed by atoms with Crippen LogP contribution in [0.4, 0.5) is 0 Å². The molecule has 0 radical (unpaired) electrons. The van der Waals surface area contributed by atoms with Gasteiger partial charge < -0.3 is 20.1 Å². The summed E-state index contributed by atoms with van der Waals surface area (Å²) in [4.78, 5) is 26.0. The fourth-order valence-corrected chi connectivity index (χ4v) is 4.34. The number of carboxylic acids is 1. The molecule has 2 N–H and O–H groups in total. The maximum Gasteiger partial charge on any atom is 0.323 e. The SMILES string of the molecule is CC(C)CCCCCCCCCCOC(=O)C(CC(=O)O)NCCCN1CCCCCC1. The van der Waals surface area contributed by atoms with Gasteiger partial charge in [0.15, 0.2) is 0 Å². The van der Waals surface area contributed by atoms with E-state index >= 15 is 0 Å². The second kappa shape index (κ2) is 19.3. The Bertz CT molecular complexity index is 476. The van der Waals surface area contributed by atoms with Gasteiger partial charge in [0, 0.05) is 0 Å². The number of hydrogen-bond acceptors (Lipinski definition) is 5. The topological polar surface area (TPSA) is 78.9 Å². The first-order chi connectivity index (χ1) is 15.5. The first-order valence-corrected chi connectivity index (χ1v) is 13.3. The molecule has 1 aliphatic rings. The Balaban J connectivity index is 2.08. The number of esters is 1. The van der Waals surface area contributed by atoms with Gasteiger partial charge >= 0.3 is 11.9 Å². The standard InChI is InChI=1S/C26H50N2O4/c1-23(2)16-11-7-5-3-4-6-10-14-21-32-26(31)24(22-25(29)30)27-17-15-20-28-18-12-8-9-13-19-28/h23-24,27H,3-22H2,1-2H3,(H,29,30). The molecule has 6 nitrogen and oxygen atoms in total. The number of hydrogen-bond donors (Lipinski definition) is 2. The summed E-state index contributed by atoms with van der Waals surface area (Å²) < 4.78 is 5.38. The zero-order chi connectivity index (χ0) is 23.4. The summed E-state index contributed by atoms with van der Waals surface area (Å²) in [5.74, 6) is -0.583. The summed E-state index contributed by atoms with van der Waals surface area (Å²) in [6, 6.07) is -0.748. The predicted octanol–water partition coefficient (Wildman–Crippen LogP) is 5.40. The number of nitrogens with zero attached hydrogens (tertiary/aromatic N) is 1. The van der Waals surface area contributed by atoms with Gasteiger partial charge in [-0.1, -0.05) is 78.1 Å². The Kier molecular flexibility index (Phi) is 17.5. The molecule has 1 saturated heterocycles. The number of unbranched alkanes of at least 4 members (excludes halogenated alkanes) is 7. The van der Waals surface area contributed by atoms with Crippen LogP contribution in [-0.4, -0.2) is 60.8 Å². The van der Waals surface area contributed by atoms with E-state index < -0.39 is 18.0 Å². The highest BCUT2D eigenvalue weighted by atomic mass is 16.5. The van der Waals surface area contributed by atoms with E-state index in [1.165, 1.54) is 70.6 Å². The maximum absolute atomic E-state index is 12.3. The summed E-state index contributed by atoms with van der Waals surface area (Å²) in [7, 11) is 0. The molecule has 0 aromatic rings. The number of carboxylic acid groups (broad SMARTS) is 1. The van der Waals surface area contributed by atoms with Gasteiger partial charge in [-0.25, -0.2) is 0 Å². The summed E-state index contributed by atoms with van der Waals surface area (Å²) in [5.41, 5.74) is 0. The molecule has 6 heteroatoms. The average molecular weight is 455 g/mol. The van der Waals surface area contributed by atoms with Crippen LogP contribution in [0.5, 0.6) is 0 Å². The maximum atomic E-state index is 12.3. The third kappa shape index (κ3) is 16.5. The summed E-state index contributed by atoms with van der Waals surface area (Å²) in [6.45, 7) is 8.89. The molecule has 1 fully saturated rings. The van der Waals surface area contributed by atoms with Gasteiger partial charge in [0.1, 0.15) is 6.04 Å². The lowest BCUT2D eigenvalue weighted by molar-refractivity contribution is -0.150. The van der Waals surface area contributed by atoms with E-state index in [9.17, 15) is 9.59 Å². The van der Waals surface area contributed by atoms with Crippen LogP contribution in [0.2, 0.25) is 0 Å². The molecule has 0 amide bonds. The van der Waals surface area contributed by atoms with Gasteiger partial charge in [-0.05, 0) is 57.8 Å². The Morgan fingerprint density at radius 3 is 2.06 bits per heavy atom. The van der Waals surface area contributed by atoms with Crippen molar-refractivity contribution < 1.29 is 19.4 Å². The smallest absolute Gasteiger partial charge is 0.323 e. The molecule has 1 heterocycles. The zero-order valence-corrected chi connectivity index (χ0v) is 20.9. The molecular weight excluding hydrogens is 404 g/mol. The molecular formula is C26H50N2O4. The number of aliphatic carboxylic acids is 1. The average Bonchev–Trinajstić information content (AvgIpc) is 3.02. The minimum absolute atomic E-state index is 0.223. The van der Waals surface area contributed by atoms with Gasteiger partial charge in [0.2, 0.25) is 0 Å². The quantitative estimate of drug-likeness (QED) is 0.201. The molecule has 1 atom stereocenters. The van der Waals surface area contributed by atoms with Crippen LogP contribution in [0.3, 0.4) is 0 Å². The third-order valence-corrected chi connectivity index (χ3v) is 6.32. The molecule has 0 aromatic carbocycles. The van der Waals surface area contributed by atoms with E-state index in [0.717, 1.165) is 44.8 Å². The largest absolute Gasteiger partial charge is 0.481 e. The molecule has 188 valence electrons. The predicted molar refractivity (Wildman–Crippen MR) is 131 cm³/mol. The number of rotatable bonds is 19. The molecule has 1 aliphatic heterocycles. The summed E-state index contributed by atoms with van der Waals surface area (Å²) in [6.07, 6.45) is 16.8. The molecule has 0 aromatic heterocycles. The van der Waals surface area contributed by atoms with Crippen molar-refractivity contribution >= 4 is 11.9 Å². The monoisotopic (exact) mass is 454 g/mol. The van der Waals surface area contributed by atoms with Crippen LogP contribution in [0, 0.1) is 5.92 Å². The highest BCUT2D eigenvalue weighted by Crippen LogP contribution is 2.13. The molecule has 1 rings (SSSR count). The van der Waals surface area contributed by atoms with Crippen molar-refractivity contribution in [3.8, 4) is 0 Å². The van der Waals surface area contributed by atoms with Crippen molar-refractivity contribution in [2.75, 3.05) is 32.8 Å². The van der Waals surface area contributed by atoms with Gasteiger partial charge in [-0.3, -0.25) is 9.59 Å². The fraction of sp³-hybridized carbons (Fsp3) is 0.923. The van der Waals surface area contributed by atoms with Crippen molar-refractivity contribution in [3.63, 3.8) is 0 Å².